The molecule has 0 aliphatic heterocycles. The van der Waals surface area contributed by atoms with Crippen molar-refractivity contribution in [1.29, 1.82) is 0 Å². The van der Waals surface area contributed by atoms with Gasteiger partial charge < -0.3 is 0 Å². The van der Waals surface area contributed by atoms with Gasteiger partial charge in [-0.1, -0.05) is 160 Å². The average Bonchev–Trinajstić information content (AvgIpc) is 1.49. The number of pyridine rings is 5. The van der Waals surface area contributed by atoms with Gasteiger partial charge in [-0.3, -0.25) is 0 Å². The van der Waals surface area contributed by atoms with Gasteiger partial charge in [0.25, 0.3) is 0 Å². The standard InChI is InChI=1S/2C21H26N.C20H26N.2C18H20N/c2*1-14-8-6-7-9-15(14)19-12-16-17-10-11-21(4,20(17,2)3)18(16)13-22(19)5;1-14-9-7-8-10-15(14)18-11-16-17(12-21(18)6)20(4,5)13-19(16,2)3;2*1-12-5-3-4-6-15(12)18-10-16-13-7-8-14(9-13)17(16)11-19(18)2/h2*6-9,12-13,17H,10-11H2,1-5H3;7-12H,13H2,1-6H3;2*3-6,10-11,13-14H,7-9H2,1-2H3/q5*+1/i17D;;;13D,14D;. The molecule has 5 aromatic heterocycles. The van der Waals surface area contributed by atoms with Crippen molar-refractivity contribution in [1.82, 2.24) is 0 Å². The van der Waals surface area contributed by atoms with Crippen molar-refractivity contribution in [3.63, 3.8) is 0 Å². The van der Waals surface area contributed by atoms with Crippen molar-refractivity contribution >= 4 is 0 Å². The van der Waals surface area contributed by atoms with E-state index in [1.807, 2.05) is 7.05 Å². The zero-order valence-electron chi connectivity index (χ0n) is 69.1. The molecular weight excluding hydrogens is 1250 g/mol. The molecule has 5 heterocycles. The lowest BCUT2D eigenvalue weighted by atomic mass is 9.69. The number of benzene rings is 5. The first-order chi connectivity index (χ1) is 50.0. The van der Waals surface area contributed by atoms with E-state index in [0.717, 1.165) is 60.3 Å². The molecule has 19 rings (SSSR count). The molecule has 5 aromatic carbocycles. The topological polar surface area (TPSA) is 19.4 Å². The van der Waals surface area contributed by atoms with E-state index in [0.29, 0.717) is 17.3 Å². The molecule has 9 aliphatic carbocycles. The fourth-order valence-corrected chi connectivity index (χ4v) is 21.6. The summed E-state index contributed by atoms with van der Waals surface area (Å²) in [5.74, 6) is 0.877. The number of rotatable bonds is 5. The molecule has 0 spiro atoms. The maximum Gasteiger partial charge on any atom is 0.212 e. The lowest BCUT2D eigenvalue weighted by Gasteiger charge is -2.34. The minimum Gasteiger partial charge on any atom is -0.201 e. The van der Waals surface area contributed by atoms with Crippen molar-refractivity contribution in [2.75, 3.05) is 0 Å². The van der Waals surface area contributed by atoms with E-state index in [4.69, 9.17) is 2.74 Å². The van der Waals surface area contributed by atoms with E-state index < -0.39 is 17.7 Å². The van der Waals surface area contributed by atoms with Gasteiger partial charge in [0, 0.05) is 101 Å². The van der Waals surface area contributed by atoms with Crippen molar-refractivity contribution in [3.8, 4) is 56.3 Å². The lowest BCUT2D eigenvalue weighted by molar-refractivity contribution is -0.661. The molecule has 5 nitrogen and oxygen atoms in total. The van der Waals surface area contributed by atoms with E-state index in [-0.39, 0.29) is 21.7 Å². The molecule has 4 saturated carbocycles. The highest BCUT2D eigenvalue weighted by Gasteiger charge is 2.62. The molecule has 10 aromatic rings. The monoisotopic (exact) mass is 1370 g/mol. The first-order valence-electron chi connectivity index (χ1n) is 40.5. The molecule has 9 aliphatic rings. The Labute approximate surface area is 623 Å². The van der Waals surface area contributed by atoms with E-state index in [1.165, 1.54) is 139 Å². The largest absolute Gasteiger partial charge is 0.212 e. The SMILES string of the molecule is Cc1ccccc1-c1cc2c(c[n+]1C)C(C)(C)CC2(C)C.Cc1ccccc1-c1cc2c(c[n+]1C)C1(C)CCC2C1(C)C.Cc1ccccc1-c1cc2c(c[n+]1C)C1CCC2C1.[2H]C12CCC(C)(c3c[n+](C)c(-c4ccccc4C)cc31)C2(C)C.[2H]C12CCC([2H])(C1)c1c[n+](C)c(-c3ccccc3C)cc12. The van der Waals surface area contributed by atoms with Crippen LogP contribution in [-0.2, 0) is 56.9 Å². The van der Waals surface area contributed by atoms with Crippen LogP contribution in [0.25, 0.3) is 56.3 Å². The Morgan fingerprint density at radius 2 is 0.670 bits per heavy atom. The predicted molar refractivity (Wildman–Crippen MR) is 425 cm³/mol. The highest BCUT2D eigenvalue weighted by atomic mass is 15.0. The van der Waals surface area contributed by atoms with Gasteiger partial charge in [0.2, 0.25) is 28.5 Å². The Morgan fingerprint density at radius 3 is 1.15 bits per heavy atom. The summed E-state index contributed by atoms with van der Waals surface area (Å²) in [5, 5.41) is 0. The summed E-state index contributed by atoms with van der Waals surface area (Å²) in [5.41, 5.74) is 35.2. The lowest BCUT2D eigenvalue weighted by Crippen LogP contribution is -2.36. The van der Waals surface area contributed by atoms with Crippen LogP contribution < -0.4 is 22.8 Å². The van der Waals surface area contributed by atoms with Crippen molar-refractivity contribution < 1.29 is 26.9 Å². The summed E-state index contributed by atoms with van der Waals surface area (Å²) in [6, 6.07) is 54.8. The van der Waals surface area contributed by atoms with Crippen LogP contribution in [0.4, 0.5) is 0 Å². The molecule has 8 bridgehead atoms. The molecular formula is C98H118N5+5. The van der Waals surface area contributed by atoms with Gasteiger partial charge in [-0.2, -0.15) is 0 Å². The fourth-order valence-electron chi connectivity index (χ4n) is 21.6. The third kappa shape index (κ3) is 11.6. The van der Waals surface area contributed by atoms with Crippen LogP contribution in [0, 0.1) is 45.4 Å². The van der Waals surface area contributed by atoms with E-state index in [1.54, 1.807) is 22.3 Å². The fraction of sp³-hybridized carbons (Fsp3) is 0.439. The Kier molecular flexibility index (Phi) is 16.8. The number of fused-ring (bicyclic) bond motifs is 21. The third-order valence-electron chi connectivity index (χ3n) is 28.3. The zero-order chi connectivity index (χ0) is 75.5. The minimum atomic E-state index is -0.539. The Morgan fingerprint density at radius 1 is 0.320 bits per heavy atom. The molecule has 8 unspecified atom stereocenters. The second kappa shape index (κ2) is 25.9. The molecule has 530 valence electrons. The molecule has 103 heavy (non-hydrogen) atoms. The van der Waals surface area contributed by atoms with Gasteiger partial charge in [-0.25, -0.2) is 22.8 Å². The van der Waals surface area contributed by atoms with Gasteiger partial charge >= 0.3 is 0 Å². The summed E-state index contributed by atoms with van der Waals surface area (Å²) in [7, 11) is 10.7. The number of aromatic nitrogens is 5. The summed E-state index contributed by atoms with van der Waals surface area (Å²) in [6.45, 7) is 34.7. The maximum atomic E-state index is 9.25. The first kappa shape index (κ1) is 66.8. The van der Waals surface area contributed by atoms with Crippen LogP contribution in [0.15, 0.2) is 183 Å². The number of aryl methyl sites for hydroxylation is 10. The Balaban J connectivity index is 0.000000106. The average molecular weight is 1370 g/mol. The summed E-state index contributed by atoms with van der Waals surface area (Å²) < 4.78 is 38.0. The van der Waals surface area contributed by atoms with Crippen molar-refractivity contribution in [2.45, 2.75) is 232 Å². The maximum absolute atomic E-state index is 9.25. The molecule has 0 amide bonds. The van der Waals surface area contributed by atoms with Crippen LogP contribution >= 0.6 is 0 Å². The molecule has 0 saturated heterocycles. The van der Waals surface area contributed by atoms with Gasteiger partial charge in [-0.15, -0.1) is 0 Å². The second-order valence-corrected chi connectivity index (χ2v) is 35.8. The predicted octanol–water partition coefficient (Wildman–Crippen LogP) is 21.5. The van der Waals surface area contributed by atoms with E-state index in [9.17, 15) is 1.37 Å². The Bertz CT molecular complexity index is 5120. The van der Waals surface area contributed by atoms with Crippen LogP contribution in [0.2, 0.25) is 0 Å². The van der Waals surface area contributed by atoms with Crippen LogP contribution in [-0.4, -0.2) is 0 Å². The van der Waals surface area contributed by atoms with Crippen molar-refractivity contribution in [2.24, 2.45) is 46.1 Å². The smallest absolute Gasteiger partial charge is 0.201 e. The van der Waals surface area contributed by atoms with Crippen molar-refractivity contribution in [3.05, 3.63) is 266 Å². The second-order valence-electron chi connectivity index (χ2n) is 35.8. The highest BCUT2D eigenvalue weighted by Crippen LogP contribution is 2.69. The normalized spacial score (nSPS) is 27.0. The summed E-state index contributed by atoms with van der Waals surface area (Å²) in [6.07, 6.45) is 24.1. The molecule has 8 atom stereocenters. The van der Waals surface area contributed by atoms with E-state index >= 15 is 0 Å². The quantitative estimate of drug-likeness (QED) is 0.153. The van der Waals surface area contributed by atoms with Gasteiger partial charge in [-0.05, 0) is 248 Å². The van der Waals surface area contributed by atoms with E-state index in [2.05, 4.69) is 338 Å². The molecule has 4 fully saturated rings. The van der Waals surface area contributed by atoms with Gasteiger partial charge in [0.1, 0.15) is 35.2 Å². The Hall–Kier alpha value is -8.15. The highest BCUT2D eigenvalue weighted by molar-refractivity contribution is 5.68. The van der Waals surface area contributed by atoms with Crippen LogP contribution in [0.1, 0.15) is 263 Å². The third-order valence-corrected chi connectivity index (χ3v) is 28.3. The number of nitrogens with zero attached hydrogens (tertiary/aromatic N) is 5. The number of hydrogen-bond acceptors (Lipinski definition) is 0. The van der Waals surface area contributed by atoms with Crippen LogP contribution in [0.3, 0.4) is 0 Å². The first-order valence-corrected chi connectivity index (χ1v) is 39.0. The molecule has 0 N–H and O–H groups in total. The molecule has 0 radical (unpaired) electrons. The summed E-state index contributed by atoms with van der Waals surface area (Å²) >= 11 is 0. The van der Waals surface area contributed by atoms with Gasteiger partial charge in [0.15, 0.2) is 31.0 Å². The number of hydrogen-bond donors (Lipinski definition) is 0. The summed E-state index contributed by atoms with van der Waals surface area (Å²) in [4.78, 5) is 0. The molecule has 5 heteroatoms. The zero-order valence-corrected chi connectivity index (χ0v) is 66.1. The van der Waals surface area contributed by atoms with Crippen LogP contribution in [0.5, 0.6) is 0 Å². The minimum absolute atomic E-state index is 0.0142. The van der Waals surface area contributed by atoms with Gasteiger partial charge in [0.05, 0.1) is 0 Å².